The van der Waals surface area contributed by atoms with Gasteiger partial charge in [-0.1, -0.05) is 23.5 Å². The number of benzene rings is 2. The van der Waals surface area contributed by atoms with Crippen LogP contribution in [0.3, 0.4) is 0 Å². The molecule has 1 aromatic heterocycles. The van der Waals surface area contributed by atoms with Crippen molar-refractivity contribution < 1.29 is 19.0 Å². The summed E-state index contributed by atoms with van der Waals surface area (Å²) in [6.07, 6.45) is 0.421. The number of aromatic amines is 1. The molecule has 3 aromatic rings. The van der Waals surface area contributed by atoms with Gasteiger partial charge in [-0.05, 0) is 42.0 Å². The number of thiazole rings is 1. The van der Waals surface area contributed by atoms with Crippen molar-refractivity contribution in [1.29, 1.82) is 0 Å². The zero-order chi connectivity index (χ0) is 17.8. The molecule has 128 valence electrons. The highest BCUT2D eigenvalue weighted by molar-refractivity contribution is 7.09. The van der Waals surface area contributed by atoms with E-state index in [1.165, 1.54) is 24.3 Å². The molecule has 1 heterocycles. The average molecular weight is 359 g/mol. The van der Waals surface area contributed by atoms with Crippen molar-refractivity contribution in [3.8, 4) is 11.6 Å². The molecule has 0 unspecified atom stereocenters. The first-order chi connectivity index (χ1) is 12.0. The van der Waals surface area contributed by atoms with Crippen LogP contribution in [0.25, 0.3) is 0 Å². The van der Waals surface area contributed by atoms with Crippen molar-refractivity contribution in [2.45, 2.75) is 6.42 Å². The van der Waals surface area contributed by atoms with Gasteiger partial charge in [0.1, 0.15) is 11.6 Å². The molecular formula is C18H14FNO4S. The summed E-state index contributed by atoms with van der Waals surface area (Å²) in [4.78, 5) is 25.7. The quantitative estimate of drug-likeness (QED) is 0.663. The largest absolute Gasteiger partial charge is 0.494 e. The number of rotatable bonds is 6. The number of hydrogen-bond acceptors (Lipinski definition) is 5. The fraction of sp³-hybridized carbons (Fsp3) is 0.111. The standard InChI is InChI=1S/C18H14FNO4S/c19-13-5-3-12(4-6-13)15(21)10-24-14-7-1-11(2-8-14)9-16-17(22)20-18(23)25-16/h1-8,22H,9-10H2,(H,20,23). The van der Waals surface area contributed by atoms with E-state index in [4.69, 9.17) is 4.74 Å². The molecule has 2 aromatic carbocycles. The predicted octanol–water partition coefficient (Wildman–Crippen LogP) is 3.13. The van der Waals surface area contributed by atoms with Crippen LogP contribution in [0.5, 0.6) is 11.6 Å². The minimum Gasteiger partial charge on any atom is -0.494 e. The first-order valence-corrected chi connectivity index (χ1v) is 8.24. The summed E-state index contributed by atoms with van der Waals surface area (Å²) in [5.74, 6) is -0.233. The fourth-order valence-electron chi connectivity index (χ4n) is 2.23. The molecule has 0 bridgehead atoms. The number of Topliss-reactive ketones (excluding diaryl/α,β-unsaturated/α-hetero) is 1. The Bertz CT molecular complexity index is 929. The smallest absolute Gasteiger partial charge is 0.307 e. The highest BCUT2D eigenvalue weighted by Gasteiger charge is 2.09. The molecule has 0 aliphatic heterocycles. The van der Waals surface area contributed by atoms with E-state index >= 15 is 0 Å². The van der Waals surface area contributed by atoms with Crippen LogP contribution in [-0.2, 0) is 6.42 Å². The van der Waals surface area contributed by atoms with Crippen molar-refractivity contribution >= 4 is 17.1 Å². The summed E-state index contributed by atoms with van der Waals surface area (Å²) in [7, 11) is 0. The van der Waals surface area contributed by atoms with Crippen LogP contribution < -0.4 is 9.61 Å². The normalized spacial score (nSPS) is 10.6. The van der Waals surface area contributed by atoms with E-state index in [2.05, 4.69) is 4.98 Å². The second-order valence-corrected chi connectivity index (χ2v) is 6.39. The summed E-state index contributed by atoms with van der Waals surface area (Å²) in [5.41, 5.74) is 1.28. The summed E-state index contributed by atoms with van der Waals surface area (Å²) >= 11 is 0.962. The topological polar surface area (TPSA) is 79.4 Å². The minimum absolute atomic E-state index is 0.111. The van der Waals surface area contributed by atoms with Crippen LogP contribution in [0.15, 0.2) is 53.3 Å². The Labute approximate surface area is 146 Å². The Hall–Kier alpha value is -2.93. The average Bonchev–Trinajstić information content (AvgIpc) is 2.92. The zero-order valence-electron chi connectivity index (χ0n) is 13.0. The van der Waals surface area contributed by atoms with Gasteiger partial charge in [-0.15, -0.1) is 0 Å². The van der Waals surface area contributed by atoms with Crippen molar-refractivity contribution in [1.82, 2.24) is 4.98 Å². The highest BCUT2D eigenvalue weighted by atomic mass is 32.1. The van der Waals surface area contributed by atoms with Crippen molar-refractivity contribution in [3.05, 3.63) is 80.0 Å². The first kappa shape index (κ1) is 16.9. The van der Waals surface area contributed by atoms with E-state index in [0.29, 0.717) is 22.6 Å². The maximum Gasteiger partial charge on any atom is 0.307 e. The third-order valence-electron chi connectivity index (χ3n) is 3.52. The molecule has 2 N–H and O–H groups in total. The maximum atomic E-state index is 12.8. The molecular weight excluding hydrogens is 345 g/mol. The molecule has 3 rings (SSSR count). The van der Waals surface area contributed by atoms with Crippen molar-refractivity contribution in [2.24, 2.45) is 0 Å². The second kappa shape index (κ2) is 7.31. The summed E-state index contributed by atoms with van der Waals surface area (Å²) < 4.78 is 18.3. The lowest BCUT2D eigenvalue weighted by Crippen LogP contribution is -2.11. The van der Waals surface area contributed by atoms with E-state index in [1.54, 1.807) is 24.3 Å². The second-order valence-electron chi connectivity index (χ2n) is 5.33. The number of carbonyl (C=O) groups excluding carboxylic acids is 1. The molecule has 7 heteroatoms. The summed E-state index contributed by atoms with van der Waals surface area (Å²) in [5, 5.41) is 9.59. The SMILES string of the molecule is O=C(COc1ccc(Cc2sc(=O)[nH]c2O)cc1)c1ccc(F)cc1. The Kier molecular flexibility index (Phi) is 4.95. The fourth-order valence-corrected chi connectivity index (χ4v) is 2.99. The molecule has 0 radical (unpaired) electrons. The lowest BCUT2D eigenvalue weighted by atomic mass is 10.1. The van der Waals surface area contributed by atoms with Crippen LogP contribution in [-0.4, -0.2) is 22.5 Å². The predicted molar refractivity (Wildman–Crippen MR) is 92.1 cm³/mol. The summed E-state index contributed by atoms with van der Waals surface area (Å²) in [6.45, 7) is -0.148. The van der Waals surface area contributed by atoms with Crippen LogP contribution >= 0.6 is 11.3 Å². The Morgan fingerprint density at radius 1 is 1.12 bits per heavy atom. The number of aromatic nitrogens is 1. The molecule has 0 aliphatic rings. The third-order valence-corrected chi connectivity index (χ3v) is 4.40. The first-order valence-electron chi connectivity index (χ1n) is 7.43. The lowest BCUT2D eigenvalue weighted by molar-refractivity contribution is 0.0921. The molecule has 0 spiro atoms. The molecule has 0 aliphatic carbocycles. The van der Waals surface area contributed by atoms with Gasteiger partial charge in [0, 0.05) is 12.0 Å². The highest BCUT2D eigenvalue weighted by Crippen LogP contribution is 2.21. The zero-order valence-corrected chi connectivity index (χ0v) is 13.8. The van der Waals surface area contributed by atoms with Crippen molar-refractivity contribution in [2.75, 3.05) is 6.61 Å². The van der Waals surface area contributed by atoms with Crippen molar-refractivity contribution in [3.63, 3.8) is 0 Å². The molecule has 25 heavy (non-hydrogen) atoms. The monoisotopic (exact) mass is 359 g/mol. The molecule has 0 atom stereocenters. The van der Waals surface area contributed by atoms with Gasteiger partial charge in [-0.2, -0.15) is 0 Å². The van der Waals surface area contributed by atoms with E-state index in [-0.39, 0.29) is 23.1 Å². The number of aromatic hydroxyl groups is 1. The number of ketones is 1. The Balaban J connectivity index is 1.59. The van der Waals surface area contributed by atoms with Gasteiger partial charge in [0.15, 0.2) is 12.4 Å². The van der Waals surface area contributed by atoms with E-state index in [0.717, 1.165) is 16.9 Å². The van der Waals surface area contributed by atoms with Crippen LogP contribution in [0, 0.1) is 5.82 Å². The third kappa shape index (κ3) is 4.33. The van der Waals surface area contributed by atoms with Gasteiger partial charge in [-0.25, -0.2) is 4.39 Å². The molecule has 5 nitrogen and oxygen atoms in total. The van der Waals surface area contributed by atoms with E-state index in [1.807, 2.05) is 0 Å². The number of carbonyl (C=O) groups is 1. The van der Waals surface area contributed by atoms with Gasteiger partial charge in [0.25, 0.3) is 0 Å². The molecule has 0 saturated carbocycles. The number of nitrogens with one attached hydrogen (secondary N) is 1. The summed E-state index contributed by atoms with van der Waals surface area (Å²) in [6, 6.07) is 12.3. The number of halogens is 1. The molecule has 0 amide bonds. The van der Waals surface area contributed by atoms with Gasteiger partial charge in [-0.3, -0.25) is 14.6 Å². The van der Waals surface area contributed by atoms with Gasteiger partial charge >= 0.3 is 4.87 Å². The molecule has 0 saturated heterocycles. The van der Waals surface area contributed by atoms with Crippen LogP contribution in [0.2, 0.25) is 0 Å². The number of ether oxygens (including phenoxy) is 1. The minimum atomic E-state index is -0.397. The Morgan fingerprint density at radius 3 is 2.40 bits per heavy atom. The number of hydrogen-bond donors (Lipinski definition) is 2. The van der Waals surface area contributed by atoms with E-state index < -0.39 is 5.82 Å². The molecule has 0 fully saturated rings. The van der Waals surface area contributed by atoms with Gasteiger partial charge in [0.05, 0.1) is 4.88 Å². The Morgan fingerprint density at radius 2 is 1.80 bits per heavy atom. The van der Waals surface area contributed by atoms with E-state index in [9.17, 15) is 19.1 Å². The lowest BCUT2D eigenvalue weighted by Gasteiger charge is -2.07. The van der Waals surface area contributed by atoms with Crippen LogP contribution in [0.4, 0.5) is 4.39 Å². The van der Waals surface area contributed by atoms with Crippen LogP contribution in [0.1, 0.15) is 20.8 Å². The van der Waals surface area contributed by atoms with Gasteiger partial charge in [0.2, 0.25) is 5.88 Å². The number of H-pyrrole nitrogens is 1. The van der Waals surface area contributed by atoms with Gasteiger partial charge < -0.3 is 9.84 Å². The maximum absolute atomic E-state index is 12.8.